The van der Waals surface area contributed by atoms with Gasteiger partial charge in [-0.15, -0.1) is 0 Å². The van der Waals surface area contributed by atoms with E-state index in [1.807, 2.05) is 6.07 Å². The van der Waals surface area contributed by atoms with Gasteiger partial charge in [-0.1, -0.05) is 24.3 Å². The minimum atomic E-state index is -4.05. The Morgan fingerprint density at radius 3 is 2.61 bits per heavy atom. The van der Waals surface area contributed by atoms with E-state index >= 15 is 0 Å². The van der Waals surface area contributed by atoms with Crippen LogP contribution in [0, 0.1) is 0 Å². The molecule has 0 aliphatic rings. The fourth-order valence-electron chi connectivity index (χ4n) is 2.23. The van der Waals surface area contributed by atoms with Crippen LogP contribution in [0.25, 0.3) is 21.2 Å². The Morgan fingerprint density at radius 1 is 1.22 bits per heavy atom. The maximum absolute atomic E-state index is 12.0. The number of fused-ring (bicyclic) bond motifs is 1. The summed E-state index contributed by atoms with van der Waals surface area (Å²) in [4.78, 5) is 2.35. The van der Waals surface area contributed by atoms with Crippen LogP contribution in [0.4, 0.5) is 5.69 Å². The third-order valence-corrected chi connectivity index (χ3v) is 4.38. The van der Waals surface area contributed by atoms with Crippen LogP contribution in [-0.2, 0) is 10.0 Å². The third-order valence-electron chi connectivity index (χ3n) is 3.18. The standard InChI is InChI=1S/C13H16BN5O3S/c1-14(20)17-9-8-16-12-6-2-5-11-10(12)4-3-7-13(11)23(21,22)19-18-15/h2-7,16-17,20H,8-9H2,1H3. The van der Waals surface area contributed by atoms with Gasteiger partial charge in [-0.05, 0) is 24.5 Å². The van der Waals surface area contributed by atoms with Crippen LogP contribution in [-0.4, -0.2) is 33.6 Å². The number of nitrogens with one attached hydrogen (secondary N) is 2. The molecule has 0 fully saturated rings. The van der Waals surface area contributed by atoms with Crippen molar-refractivity contribution in [1.82, 2.24) is 5.23 Å². The number of sulfonamides is 1. The zero-order chi connectivity index (χ0) is 16.9. The van der Waals surface area contributed by atoms with Gasteiger partial charge in [0.25, 0.3) is 10.0 Å². The summed E-state index contributed by atoms with van der Waals surface area (Å²) in [5.41, 5.74) is 9.17. The van der Waals surface area contributed by atoms with Crippen molar-refractivity contribution in [2.45, 2.75) is 11.7 Å². The molecule has 120 valence electrons. The quantitative estimate of drug-likeness (QED) is 0.235. The Bertz CT molecular complexity index is 850. The summed E-state index contributed by atoms with van der Waals surface area (Å²) >= 11 is 0. The molecular weight excluding hydrogens is 317 g/mol. The first-order valence-electron chi connectivity index (χ1n) is 6.94. The van der Waals surface area contributed by atoms with Gasteiger partial charge in [-0.25, -0.2) is 8.42 Å². The van der Waals surface area contributed by atoms with Crippen molar-refractivity contribution >= 4 is 33.5 Å². The van der Waals surface area contributed by atoms with E-state index in [1.165, 1.54) is 6.07 Å². The maximum Gasteiger partial charge on any atom is 0.373 e. The molecule has 0 aliphatic heterocycles. The number of azide groups is 1. The lowest BCUT2D eigenvalue weighted by molar-refractivity contribution is 0.556. The number of anilines is 1. The molecule has 0 radical (unpaired) electrons. The Kier molecular flexibility index (Phi) is 5.46. The zero-order valence-corrected chi connectivity index (χ0v) is 13.3. The van der Waals surface area contributed by atoms with Crippen molar-refractivity contribution in [3.05, 3.63) is 46.8 Å². The molecular formula is C13H16BN5O3S. The largest absolute Gasteiger partial charge is 0.437 e. The molecule has 23 heavy (non-hydrogen) atoms. The van der Waals surface area contributed by atoms with Gasteiger partial charge in [0.15, 0.2) is 0 Å². The molecule has 2 rings (SSSR count). The number of rotatable bonds is 7. The van der Waals surface area contributed by atoms with Gasteiger partial charge in [0.2, 0.25) is 0 Å². The molecule has 0 heterocycles. The second-order valence-corrected chi connectivity index (χ2v) is 6.41. The first-order valence-corrected chi connectivity index (χ1v) is 8.38. The molecule has 0 unspecified atom stereocenters. The lowest BCUT2D eigenvalue weighted by Gasteiger charge is -2.12. The molecule has 0 bridgehead atoms. The van der Waals surface area contributed by atoms with Crippen molar-refractivity contribution in [2.24, 2.45) is 4.52 Å². The predicted molar refractivity (Wildman–Crippen MR) is 90.6 cm³/mol. The van der Waals surface area contributed by atoms with Crippen LogP contribution in [0.3, 0.4) is 0 Å². The van der Waals surface area contributed by atoms with E-state index in [4.69, 9.17) is 10.6 Å². The van der Waals surface area contributed by atoms with E-state index in [0.717, 1.165) is 5.69 Å². The number of hydrogen-bond acceptors (Lipinski definition) is 5. The van der Waals surface area contributed by atoms with Gasteiger partial charge >= 0.3 is 7.05 Å². The van der Waals surface area contributed by atoms with Crippen LogP contribution in [0.5, 0.6) is 0 Å². The molecule has 10 heteroatoms. The number of nitrogens with zero attached hydrogens (tertiary/aromatic N) is 3. The van der Waals surface area contributed by atoms with Crippen LogP contribution in [0.2, 0.25) is 6.82 Å². The highest BCUT2D eigenvalue weighted by Crippen LogP contribution is 2.29. The van der Waals surface area contributed by atoms with Gasteiger partial charge in [0.1, 0.15) is 0 Å². The number of benzene rings is 2. The minimum Gasteiger partial charge on any atom is -0.437 e. The zero-order valence-electron chi connectivity index (χ0n) is 12.5. The Labute approximate surface area is 134 Å². The van der Waals surface area contributed by atoms with E-state index in [0.29, 0.717) is 23.9 Å². The summed E-state index contributed by atoms with van der Waals surface area (Å²) in [6.07, 6.45) is 0. The van der Waals surface area contributed by atoms with Crippen molar-refractivity contribution in [2.75, 3.05) is 18.4 Å². The maximum atomic E-state index is 12.0. The molecule has 0 aromatic heterocycles. The van der Waals surface area contributed by atoms with Crippen molar-refractivity contribution < 1.29 is 13.4 Å². The summed E-state index contributed by atoms with van der Waals surface area (Å²) in [5.74, 6) is 0. The van der Waals surface area contributed by atoms with Crippen LogP contribution in [0.15, 0.2) is 45.8 Å². The average molecular weight is 333 g/mol. The first-order chi connectivity index (χ1) is 11.0. The Morgan fingerprint density at radius 2 is 1.91 bits per heavy atom. The van der Waals surface area contributed by atoms with E-state index in [9.17, 15) is 8.42 Å². The molecule has 2 aromatic rings. The highest BCUT2D eigenvalue weighted by molar-refractivity contribution is 7.90. The smallest absolute Gasteiger partial charge is 0.373 e. The fraction of sp³-hybridized carbons (Fsp3) is 0.231. The van der Waals surface area contributed by atoms with E-state index in [1.54, 1.807) is 31.1 Å². The van der Waals surface area contributed by atoms with Gasteiger partial charge < -0.3 is 15.6 Å². The molecule has 0 saturated carbocycles. The molecule has 2 aromatic carbocycles. The molecule has 0 saturated heterocycles. The van der Waals surface area contributed by atoms with E-state index in [-0.39, 0.29) is 4.90 Å². The molecule has 0 amide bonds. The van der Waals surface area contributed by atoms with Gasteiger partial charge in [0.05, 0.1) is 4.90 Å². The minimum absolute atomic E-state index is 0.0291. The molecule has 0 atom stereocenters. The molecule has 3 N–H and O–H groups in total. The molecule has 8 nitrogen and oxygen atoms in total. The highest BCUT2D eigenvalue weighted by atomic mass is 32.2. The Balaban J connectivity index is 2.37. The SMILES string of the molecule is CB(O)NCCNc1cccc2c(S(=O)(=O)N=[N+]=[N-])cccc12. The summed E-state index contributed by atoms with van der Waals surface area (Å²) in [5, 5.41) is 16.4. The average Bonchev–Trinajstić information content (AvgIpc) is 2.50. The summed E-state index contributed by atoms with van der Waals surface area (Å²) in [7, 11) is -4.65. The van der Waals surface area contributed by atoms with E-state index < -0.39 is 17.1 Å². The molecule has 0 aliphatic carbocycles. The lowest BCUT2D eigenvalue weighted by atomic mass is 9.89. The highest BCUT2D eigenvalue weighted by Gasteiger charge is 2.16. The summed E-state index contributed by atoms with van der Waals surface area (Å²) < 4.78 is 26.9. The van der Waals surface area contributed by atoms with E-state index in [2.05, 4.69) is 20.0 Å². The molecule has 0 spiro atoms. The van der Waals surface area contributed by atoms with Crippen LogP contribution >= 0.6 is 0 Å². The monoisotopic (exact) mass is 333 g/mol. The van der Waals surface area contributed by atoms with Gasteiger partial charge in [-0.3, -0.25) is 0 Å². The van der Waals surface area contributed by atoms with Crippen molar-refractivity contribution in [3.8, 4) is 0 Å². The van der Waals surface area contributed by atoms with Gasteiger partial charge in [0, 0.05) is 39.0 Å². The second-order valence-electron chi connectivity index (χ2n) is 4.86. The van der Waals surface area contributed by atoms with Gasteiger partial charge in [-0.2, -0.15) is 0 Å². The Hall–Kier alpha value is -2.26. The fourth-order valence-corrected chi connectivity index (χ4v) is 3.12. The number of hydrogen-bond donors (Lipinski definition) is 3. The second kappa shape index (κ2) is 7.34. The van der Waals surface area contributed by atoms with Crippen LogP contribution in [0.1, 0.15) is 0 Å². The first kappa shape index (κ1) is 17.1. The summed E-state index contributed by atoms with van der Waals surface area (Å²) in [6.45, 7) is 2.73. The van der Waals surface area contributed by atoms with Crippen molar-refractivity contribution in [1.29, 1.82) is 0 Å². The normalized spacial score (nSPS) is 11.0. The third kappa shape index (κ3) is 4.14. The van der Waals surface area contributed by atoms with Crippen molar-refractivity contribution in [3.63, 3.8) is 0 Å². The van der Waals surface area contributed by atoms with Crippen LogP contribution < -0.4 is 10.5 Å². The predicted octanol–water partition coefficient (Wildman–Crippen LogP) is 1.95. The summed E-state index contributed by atoms with van der Waals surface area (Å²) in [6, 6.07) is 10.0. The topological polar surface area (TPSA) is 127 Å². The lowest BCUT2D eigenvalue weighted by Crippen LogP contribution is -2.34.